The molecule has 1 amide bonds. The van der Waals surface area contributed by atoms with E-state index in [2.05, 4.69) is 25.0 Å². The molecule has 8 heteroatoms. The van der Waals surface area contributed by atoms with Crippen LogP contribution < -0.4 is 5.32 Å². The lowest BCUT2D eigenvalue weighted by Crippen LogP contribution is -2.23. The molecule has 17 heavy (non-hydrogen) atoms. The fraction of sp³-hybridized carbons (Fsp3) is 0.111. The zero-order valence-corrected chi connectivity index (χ0v) is 8.51. The molecule has 2 heterocycles. The number of rotatable bonds is 4. The van der Waals surface area contributed by atoms with Gasteiger partial charge in [-0.15, -0.1) is 0 Å². The van der Waals surface area contributed by atoms with Crippen LogP contribution in [0, 0.1) is 0 Å². The van der Waals surface area contributed by atoms with Crippen LogP contribution in [0.1, 0.15) is 26.7 Å². The number of amides is 1. The third-order valence-corrected chi connectivity index (χ3v) is 1.95. The topological polar surface area (TPSA) is 121 Å². The average Bonchev–Trinajstić information content (AvgIpc) is 2.96. The zero-order chi connectivity index (χ0) is 12.3. The van der Waals surface area contributed by atoms with Gasteiger partial charge >= 0.3 is 5.97 Å². The van der Waals surface area contributed by atoms with Gasteiger partial charge in [-0.1, -0.05) is 5.16 Å². The Hall–Kier alpha value is -2.64. The van der Waals surface area contributed by atoms with E-state index in [9.17, 15) is 9.59 Å². The smallest absolute Gasteiger partial charge is 0.374 e. The van der Waals surface area contributed by atoms with E-state index in [0.717, 1.165) is 11.8 Å². The summed E-state index contributed by atoms with van der Waals surface area (Å²) in [5, 5.41) is 14.5. The molecule has 0 aromatic carbocycles. The maximum atomic E-state index is 11.5. The van der Waals surface area contributed by atoms with E-state index < -0.39 is 11.9 Å². The molecule has 3 N–H and O–H groups in total. The van der Waals surface area contributed by atoms with Crippen LogP contribution in [0.15, 0.2) is 23.1 Å². The van der Waals surface area contributed by atoms with Crippen molar-refractivity contribution in [1.82, 2.24) is 20.4 Å². The van der Waals surface area contributed by atoms with Gasteiger partial charge in [0.25, 0.3) is 5.91 Å². The molecule has 0 fully saturated rings. The number of hydrogen-bond donors (Lipinski definition) is 3. The number of aromatic carboxylic acids is 1. The molecular weight excluding hydrogens is 228 g/mol. The summed E-state index contributed by atoms with van der Waals surface area (Å²) < 4.78 is 4.45. The predicted molar refractivity (Wildman–Crippen MR) is 53.2 cm³/mol. The number of hydrogen-bond acceptors (Lipinski definition) is 5. The Morgan fingerprint density at radius 3 is 2.94 bits per heavy atom. The summed E-state index contributed by atoms with van der Waals surface area (Å²) in [4.78, 5) is 28.6. The largest absolute Gasteiger partial charge is 0.475 e. The molecule has 0 aliphatic heterocycles. The fourth-order valence-electron chi connectivity index (χ4n) is 1.13. The van der Waals surface area contributed by atoms with Gasteiger partial charge in [0, 0.05) is 12.3 Å². The Morgan fingerprint density at radius 2 is 2.35 bits per heavy atom. The van der Waals surface area contributed by atoms with Gasteiger partial charge in [-0.2, -0.15) is 0 Å². The molecule has 0 unspecified atom stereocenters. The van der Waals surface area contributed by atoms with Crippen molar-refractivity contribution >= 4 is 11.9 Å². The lowest BCUT2D eigenvalue weighted by atomic mass is 10.3. The van der Waals surface area contributed by atoms with Gasteiger partial charge in [-0.3, -0.25) is 4.79 Å². The number of imidazole rings is 1. The van der Waals surface area contributed by atoms with Crippen molar-refractivity contribution in [3.63, 3.8) is 0 Å². The summed E-state index contributed by atoms with van der Waals surface area (Å²) in [6, 6.07) is 1.06. The molecular formula is C9H8N4O4. The van der Waals surface area contributed by atoms with E-state index >= 15 is 0 Å². The number of carboxylic acids is 1. The van der Waals surface area contributed by atoms with Crippen LogP contribution in [0.4, 0.5) is 0 Å². The van der Waals surface area contributed by atoms with Gasteiger partial charge < -0.3 is 19.9 Å². The molecule has 0 aliphatic rings. The number of nitrogens with one attached hydrogen (secondary N) is 2. The van der Waals surface area contributed by atoms with Crippen LogP contribution >= 0.6 is 0 Å². The molecule has 0 radical (unpaired) electrons. The minimum Gasteiger partial charge on any atom is -0.475 e. The lowest BCUT2D eigenvalue weighted by molar-refractivity contribution is 0.0651. The van der Waals surface area contributed by atoms with E-state index in [1.807, 2.05) is 0 Å². The van der Waals surface area contributed by atoms with Crippen LogP contribution in [-0.4, -0.2) is 32.1 Å². The highest BCUT2D eigenvalue weighted by atomic mass is 16.5. The summed E-state index contributed by atoms with van der Waals surface area (Å²) >= 11 is 0. The number of H-pyrrole nitrogens is 1. The summed E-state index contributed by atoms with van der Waals surface area (Å²) in [7, 11) is 0. The number of carboxylic acid groups (broad SMARTS) is 1. The van der Waals surface area contributed by atoms with E-state index in [-0.39, 0.29) is 18.0 Å². The summed E-state index contributed by atoms with van der Waals surface area (Å²) in [6.45, 7) is 0.244. The first-order valence-corrected chi connectivity index (χ1v) is 4.62. The quantitative estimate of drug-likeness (QED) is 0.688. The van der Waals surface area contributed by atoms with Gasteiger partial charge in [0.1, 0.15) is 0 Å². The number of aromatic nitrogens is 3. The third kappa shape index (κ3) is 2.48. The van der Waals surface area contributed by atoms with Crippen LogP contribution in [0.5, 0.6) is 0 Å². The molecule has 0 saturated carbocycles. The second kappa shape index (κ2) is 4.47. The Bertz CT molecular complexity index is 531. The SMILES string of the molecule is O=C(NCc1cnc[nH]1)c1cc(C(=O)O)on1. The maximum absolute atomic E-state index is 11.5. The predicted octanol–water partition coefficient (Wildman–Crippen LogP) is 0.0259. The molecule has 8 nitrogen and oxygen atoms in total. The maximum Gasteiger partial charge on any atom is 0.374 e. The van der Waals surface area contributed by atoms with Gasteiger partial charge in [-0.05, 0) is 0 Å². The molecule has 0 spiro atoms. The highest BCUT2D eigenvalue weighted by molar-refractivity contribution is 5.94. The zero-order valence-electron chi connectivity index (χ0n) is 8.51. The number of aromatic amines is 1. The molecule has 0 bridgehead atoms. The van der Waals surface area contributed by atoms with Crippen molar-refractivity contribution < 1.29 is 19.2 Å². The van der Waals surface area contributed by atoms with Crippen molar-refractivity contribution in [2.24, 2.45) is 0 Å². The average molecular weight is 236 g/mol. The third-order valence-electron chi connectivity index (χ3n) is 1.95. The normalized spacial score (nSPS) is 10.1. The van der Waals surface area contributed by atoms with Crippen LogP contribution in [0.25, 0.3) is 0 Å². The van der Waals surface area contributed by atoms with Crippen molar-refractivity contribution in [3.05, 3.63) is 35.7 Å². The van der Waals surface area contributed by atoms with E-state index in [1.165, 1.54) is 6.33 Å². The van der Waals surface area contributed by atoms with Crippen molar-refractivity contribution in [2.45, 2.75) is 6.54 Å². The second-order valence-electron chi connectivity index (χ2n) is 3.14. The lowest BCUT2D eigenvalue weighted by Gasteiger charge is -1.98. The van der Waals surface area contributed by atoms with E-state index in [0.29, 0.717) is 0 Å². The van der Waals surface area contributed by atoms with Gasteiger partial charge in [0.15, 0.2) is 5.69 Å². The Labute approximate surface area is 94.6 Å². The first kappa shape index (κ1) is 10.9. The van der Waals surface area contributed by atoms with Crippen molar-refractivity contribution in [1.29, 1.82) is 0 Å². The Kier molecular flexibility index (Phi) is 2.86. The molecule has 88 valence electrons. The monoisotopic (exact) mass is 236 g/mol. The molecule has 2 aromatic heterocycles. The highest BCUT2D eigenvalue weighted by Gasteiger charge is 2.16. The highest BCUT2D eigenvalue weighted by Crippen LogP contribution is 2.03. The molecule has 0 atom stereocenters. The van der Waals surface area contributed by atoms with Crippen molar-refractivity contribution in [3.8, 4) is 0 Å². The Morgan fingerprint density at radius 1 is 1.53 bits per heavy atom. The molecule has 2 rings (SSSR count). The summed E-state index contributed by atoms with van der Waals surface area (Å²) in [5.74, 6) is -2.17. The van der Waals surface area contributed by atoms with Crippen LogP contribution in [-0.2, 0) is 6.54 Å². The Balaban J connectivity index is 1.97. The molecule has 2 aromatic rings. The van der Waals surface area contributed by atoms with Gasteiger partial charge in [0.2, 0.25) is 5.76 Å². The number of carbonyl (C=O) groups excluding carboxylic acids is 1. The second-order valence-corrected chi connectivity index (χ2v) is 3.14. The first-order chi connectivity index (χ1) is 8.16. The van der Waals surface area contributed by atoms with Crippen LogP contribution in [0.2, 0.25) is 0 Å². The first-order valence-electron chi connectivity index (χ1n) is 4.62. The summed E-state index contributed by atoms with van der Waals surface area (Å²) in [6.07, 6.45) is 3.05. The van der Waals surface area contributed by atoms with Crippen molar-refractivity contribution in [2.75, 3.05) is 0 Å². The minimum absolute atomic E-state index is 0.0816. The van der Waals surface area contributed by atoms with E-state index in [1.54, 1.807) is 6.20 Å². The van der Waals surface area contributed by atoms with Gasteiger partial charge in [0.05, 0.1) is 18.6 Å². The number of nitrogens with zero attached hydrogens (tertiary/aromatic N) is 2. The van der Waals surface area contributed by atoms with Crippen LogP contribution in [0.3, 0.4) is 0 Å². The molecule has 0 aliphatic carbocycles. The van der Waals surface area contributed by atoms with Gasteiger partial charge in [-0.25, -0.2) is 9.78 Å². The standard InChI is InChI=1S/C9H8N4O4/c14-8(11-3-5-2-10-4-12-5)6-1-7(9(15)16)17-13-6/h1-2,4H,3H2,(H,10,12)(H,11,14)(H,15,16). The molecule has 0 saturated heterocycles. The van der Waals surface area contributed by atoms with E-state index in [4.69, 9.17) is 5.11 Å². The minimum atomic E-state index is -1.27. The number of carbonyl (C=O) groups is 2. The fourth-order valence-corrected chi connectivity index (χ4v) is 1.13. The summed E-state index contributed by atoms with van der Waals surface area (Å²) in [5.41, 5.74) is 0.641.